The lowest BCUT2D eigenvalue weighted by atomic mass is 9.99. The average molecular weight is 463 g/mol. The number of hydrogen-bond donors (Lipinski definition) is 3. The summed E-state index contributed by atoms with van der Waals surface area (Å²) < 4.78 is 31.9. The highest BCUT2D eigenvalue weighted by Gasteiger charge is 2.27. The fourth-order valence-electron chi connectivity index (χ4n) is 4.75. The summed E-state index contributed by atoms with van der Waals surface area (Å²) in [4.78, 5) is 25.7. The summed E-state index contributed by atoms with van der Waals surface area (Å²) in [6, 6.07) is 1.47. The molecule has 1 saturated heterocycles. The van der Waals surface area contributed by atoms with Gasteiger partial charge in [-0.3, -0.25) is 4.90 Å². The standard InChI is InChI=1S/C22H30N4O5S/c1-23-22(28)31-12-11-26-10-8-17(26)9-13-32(29,30)25-21(27)24-20-18-6-2-4-15(18)14-16-5-3-7-19(16)20/h9,13-14,17H,2-8,10-12H2,1H3,(H,23,28)(H2,24,25,27)/b13-9+. The van der Waals surface area contributed by atoms with Crippen LogP contribution in [0.1, 0.15) is 41.5 Å². The number of anilines is 1. The normalized spacial score (nSPS) is 19.8. The van der Waals surface area contributed by atoms with Crippen LogP contribution in [0.3, 0.4) is 0 Å². The average Bonchev–Trinajstić information content (AvgIpc) is 3.38. The minimum Gasteiger partial charge on any atom is -0.448 e. The topological polar surface area (TPSA) is 117 Å². The van der Waals surface area contributed by atoms with E-state index in [2.05, 4.69) is 21.4 Å². The highest BCUT2D eigenvalue weighted by Crippen LogP contribution is 2.38. The zero-order valence-corrected chi connectivity index (χ0v) is 19.1. The molecule has 1 heterocycles. The van der Waals surface area contributed by atoms with Crippen LogP contribution in [0.25, 0.3) is 0 Å². The van der Waals surface area contributed by atoms with Crippen LogP contribution in [-0.2, 0) is 40.4 Å². The second-order valence-electron chi connectivity index (χ2n) is 8.44. The third-order valence-electron chi connectivity index (χ3n) is 6.42. The van der Waals surface area contributed by atoms with E-state index in [0.717, 1.165) is 73.7 Å². The lowest BCUT2D eigenvalue weighted by Crippen LogP contribution is -2.48. The number of nitrogens with one attached hydrogen (secondary N) is 3. The first kappa shape index (κ1) is 22.6. The van der Waals surface area contributed by atoms with Gasteiger partial charge in [0.15, 0.2) is 0 Å². The third kappa shape index (κ3) is 5.07. The summed E-state index contributed by atoms with van der Waals surface area (Å²) in [6.45, 7) is 1.54. The van der Waals surface area contributed by atoms with E-state index in [1.54, 1.807) is 6.08 Å². The number of carbonyl (C=O) groups is 2. The second kappa shape index (κ2) is 9.50. The number of nitrogens with zero attached hydrogens (tertiary/aromatic N) is 1. The van der Waals surface area contributed by atoms with E-state index in [0.29, 0.717) is 6.54 Å². The number of likely N-dealkylation sites (tertiary alicyclic amines) is 1. The Labute approximate surface area is 188 Å². The molecule has 3 aliphatic rings. The van der Waals surface area contributed by atoms with E-state index < -0.39 is 22.1 Å². The predicted octanol–water partition coefficient (Wildman–Crippen LogP) is 2.06. The number of benzene rings is 1. The lowest BCUT2D eigenvalue weighted by Gasteiger charge is -2.38. The molecule has 3 amide bonds. The Bertz CT molecular complexity index is 1000. The van der Waals surface area contributed by atoms with Gasteiger partial charge in [0, 0.05) is 37.3 Å². The van der Waals surface area contributed by atoms with Crippen LogP contribution >= 0.6 is 0 Å². The van der Waals surface area contributed by atoms with E-state index in [-0.39, 0.29) is 12.6 Å². The number of amides is 3. The van der Waals surface area contributed by atoms with Gasteiger partial charge in [-0.25, -0.2) is 22.7 Å². The maximum absolute atomic E-state index is 12.6. The first-order valence-electron chi connectivity index (χ1n) is 11.1. The Morgan fingerprint density at radius 1 is 1.16 bits per heavy atom. The monoisotopic (exact) mass is 462 g/mol. The Balaban J connectivity index is 1.34. The Morgan fingerprint density at radius 2 is 1.84 bits per heavy atom. The molecular weight excluding hydrogens is 432 g/mol. The van der Waals surface area contributed by atoms with Gasteiger partial charge >= 0.3 is 12.1 Å². The molecule has 1 unspecified atom stereocenters. The van der Waals surface area contributed by atoms with Gasteiger partial charge in [-0.1, -0.05) is 12.1 Å². The van der Waals surface area contributed by atoms with Crippen LogP contribution in [-0.4, -0.2) is 58.2 Å². The van der Waals surface area contributed by atoms with Gasteiger partial charge in [0.05, 0.1) is 0 Å². The van der Waals surface area contributed by atoms with Crippen LogP contribution in [0.5, 0.6) is 0 Å². The molecule has 32 heavy (non-hydrogen) atoms. The van der Waals surface area contributed by atoms with Crippen molar-refractivity contribution in [2.45, 2.75) is 51.0 Å². The van der Waals surface area contributed by atoms with E-state index in [9.17, 15) is 18.0 Å². The van der Waals surface area contributed by atoms with Crippen molar-refractivity contribution >= 4 is 27.8 Å². The lowest BCUT2D eigenvalue weighted by molar-refractivity contribution is 0.0808. The Kier molecular flexibility index (Phi) is 6.71. The fourth-order valence-corrected chi connectivity index (χ4v) is 5.51. The fraction of sp³-hybridized carbons (Fsp3) is 0.545. The van der Waals surface area contributed by atoms with Crippen LogP contribution in [0.4, 0.5) is 15.3 Å². The second-order valence-corrected chi connectivity index (χ2v) is 10.0. The van der Waals surface area contributed by atoms with Crippen molar-refractivity contribution in [2.24, 2.45) is 0 Å². The molecule has 1 atom stereocenters. The number of ether oxygens (including phenoxy) is 1. The van der Waals surface area contributed by atoms with Crippen LogP contribution in [0.2, 0.25) is 0 Å². The molecular formula is C22H30N4O5S. The first-order valence-corrected chi connectivity index (χ1v) is 12.7. The summed E-state index contributed by atoms with van der Waals surface area (Å²) in [5, 5.41) is 6.26. The van der Waals surface area contributed by atoms with Crippen molar-refractivity contribution in [1.82, 2.24) is 14.9 Å². The van der Waals surface area contributed by atoms with E-state index in [4.69, 9.17) is 4.74 Å². The van der Waals surface area contributed by atoms with Crippen molar-refractivity contribution in [2.75, 3.05) is 32.1 Å². The quantitative estimate of drug-likeness (QED) is 0.571. The molecule has 1 aliphatic heterocycles. The maximum Gasteiger partial charge on any atom is 0.406 e. The van der Waals surface area contributed by atoms with Gasteiger partial charge in [0.1, 0.15) is 6.61 Å². The number of rotatable bonds is 7. The molecule has 0 saturated carbocycles. The maximum atomic E-state index is 12.6. The molecule has 9 nitrogen and oxygen atoms in total. The molecule has 0 spiro atoms. The summed E-state index contributed by atoms with van der Waals surface area (Å²) >= 11 is 0. The molecule has 10 heteroatoms. The van der Waals surface area contributed by atoms with Crippen LogP contribution in [0, 0.1) is 0 Å². The van der Waals surface area contributed by atoms with E-state index >= 15 is 0 Å². The molecule has 0 aromatic heterocycles. The number of urea groups is 1. The van der Waals surface area contributed by atoms with Gasteiger partial charge in [-0.05, 0) is 67.2 Å². The molecule has 0 radical (unpaired) electrons. The van der Waals surface area contributed by atoms with E-state index in [1.807, 2.05) is 4.90 Å². The highest BCUT2D eigenvalue weighted by molar-refractivity contribution is 7.92. The zero-order valence-electron chi connectivity index (χ0n) is 18.3. The van der Waals surface area contributed by atoms with Crippen molar-refractivity contribution in [1.29, 1.82) is 0 Å². The molecule has 174 valence electrons. The van der Waals surface area contributed by atoms with E-state index in [1.165, 1.54) is 18.2 Å². The molecule has 1 aromatic carbocycles. The molecule has 1 aromatic rings. The number of hydrogen-bond acceptors (Lipinski definition) is 6. The van der Waals surface area contributed by atoms with Crippen molar-refractivity contribution in [3.8, 4) is 0 Å². The zero-order chi connectivity index (χ0) is 22.7. The Hall–Kier alpha value is -2.59. The smallest absolute Gasteiger partial charge is 0.406 e. The first-order chi connectivity index (χ1) is 15.4. The minimum atomic E-state index is -3.93. The highest BCUT2D eigenvalue weighted by atomic mass is 32.2. The van der Waals surface area contributed by atoms with Crippen LogP contribution in [0.15, 0.2) is 17.6 Å². The molecule has 3 N–H and O–H groups in total. The van der Waals surface area contributed by atoms with Gasteiger partial charge < -0.3 is 15.4 Å². The number of aryl methyl sites for hydroxylation is 2. The summed E-state index contributed by atoms with van der Waals surface area (Å²) in [7, 11) is -2.44. The summed E-state index contributed by atoms with van der Waals surface area (Å²) in [5.74, 6) is 0. The molecule has 0 bridgehead atoms. The van der Waals surface area contributed by atoms with Gasteiger partial charge in [-0.15, -0.1) is 0 Å². The predicted molar refractivity (Wildman–Crippen MR) is 121 cm³/mol. The van der Waals surface area contributed by atoms with Crippen molar-refractivity contribution in [3.63, 3.8) is 0 Å². The van der Waals surface area contributed by atoms with Gasteiger partial charge in [0.25, 0.3) is 10.0 Å². The molecule has 2 aliphatic carbocycles. The minimum absolute atomic E-state index is 0.0661. The molecule has 1 fully saturated rings. The summed E-state index contributed by atoms with van der Waals surface area (Å²) in [6.07, 6.45) is 7.82. The number of carbonyl (C=O) groups excluding carboxylic acids is 2. The Morgan fingerprint density at radius 3 is 2.44 bits per heavy atom. The number of alkyl carbamates (subject to hydrolysis) is 1. The molecule has 4 rings (SSSR count). The van der Waals surface area contributed by atoms with Crippen molar-refractivity contribution < 1.29 is 22.7 Å². The summed E-state index contributed by atoms with van der Waals surface area (Å²) in [5.41, 5.74) is 5.66. The van der Waals surface area contributed by atoms with Gasteiger partial charge in [-0.2, -0.15) is 0 Å². The SMILES string of the molecule is CNC(=O)OCCN1CCC1/C=C/S(=O)(=O)NC(=O)Nc1c2c(cc3c1CCC3)CCC2. The van der Waals surface area contributed by atoms with Crippen molar-refractivity contribution in [3.05, 3.63) is 39.8 Å². The van der Waals surface area contributed by atoms with Gasteiger partial charge in [0.2, 0.25) is 0 Å². The number of fused-ring (bicyclic) bond motifs is 2. The largest absolute Gasteiger partial charge is 0.448 e. The third-order valence-corrected chi connectivity index (χ3v) is 7.41. The van der Waals surface area contributed by atoms with Crippen LogP contribution < -0.4 is 15.4 Å². The number of sulfonamides is 1.